The van der Waals surface area contributed by atoms with E-state index >= 15 is 0 Å². The first-order valence-electron chi connectivity index (χ1n) is 6.97. The Bertz CT molecular complexity index is 582. The lowest BCUT2D eigenvalue weighted by Gasteiger charge is -2.10. The quantitative estimate of drug-likeness (QED) is 0.633. The molecule has 2 aromatic rings. The second kappa shape index (κ2) is 8.07. The fraction of sp³-hybridized carbons (Fsp3) is 0.235. The van der Waals surface area contributed by atoms with Gasteiger partial charge in [-0.05, 0) is 18.1 Å². The van der Waals surface area contributed by atoms with Gasteiger partial charge >= 0.3 is 0 Å². The zero-order valence-electron chi connectivity index (χ0n) is 12.3. The minimum atomic E-state index is 0.425. The van der Waals surface area contributed by atoms with Crippen molar-refractivity contribution in [3.05, 3.63) is 65.7 Å². The number of methoxy groups -OCH3 is 1. The molecule has 0 saturated heterocycles. The Morgan fingerprint density at radius 2 is 1.81 bits per heavy atom. The summed E-state index contributed by atoms with van der Waals surface area (Å²) in [6, 6.07) is 18.1. The number of guanidine groups is 1. The maximum atomic E-state index is 5.93. The Hall–Kier alpha value is -2.33. The van der Waals surface area contributed by atoms with Gasteiger partial charge in [-0.25, -0.2) is 0 Å². The molecule has 4 nitrogen and oxygen atoms in total. The van der Waals surface area contributed by atoms with Crippen molar-refractivity contribution in [2.75, 3.05) is 19.0 Å². The van der Waals surface area contributed by atoms with Crippen LogP contribution in [0, 0.1) is 0 Å². The van der Waals surface area contributed by atoms with Crippen molar-refractivity contribution in [3.63, 3.8) is 0 Å². The zero-order valence-corrected chi connectivity index (χ0v) is 12.3. The first-order valence-corrected chi connectivity index (χ1v) is 6.97. The van der Waals surface area contributed by atoms with Gasteiger partial charge in [0.25, 0.3) is 0 Å². The van der Waals surface area contributed by atoms with Crippen LogP contribution >= 0.6 is 0 Å². The van der Waals surface area contributed by atoms with Crippen molar-refractivity contribution >= 4 is 11.6 Å². The van der Waals surface area contributed by atoms with E-state index in [0.29, 0.717) is 19.1 Å². The van der Waals surface area contributed by atoms with Gasteiger partial charge in [0, 0.05) is 24.9 Å². The standard InChI is InChI=1S/C17H21N3O/c1-21-13-15-9-5-6-10-16(15)20-17(18)19-12-11-14-7-3-2-4-8-14/h2-10H,11-13H2,1H3,(H3,18,19,20). The summed E-state index contributed by atoms with van der Waals surface area (Å²) in [6.45, 7) is 1.20. The maximum absolute atomic E-state index is 5.93. The molecule has 0 saturated carbocycles. The zero-order chi connectivity index (χ0) is 14.9. The Balaban J connectivity index is 1.91. The number of nitrogens with one attached hydrogen (secondary N) is 1. The van der Waals surface area contributed by atoms with Crippen LogP contribution in [0.2, 0.25) is 0 Å². The number of aliphatic imine (C=N–C) groups is 1. The second-order valence-corrected chi connectivity index (χ2v) is 4.72. The molecule has 0 heterocycles. The summed E-state index contributed by atoms with van der Waals surface area (Å²) in [4.78, 5) is 4.36. The van der Waals surface area contributed by atoms with Gasteiger partial charge in [-0.2, -0.15) is 0 Å². The molecular weight excluding hydrogens is 262 g/mol. The molecule has 21 heavy (non-hydrogen) atoms. The highest BCUT2D eigenvalue weighted by molar-refractivity contribution is 5.92. The number of nitrogens with zero attached hydrogens (tertiary/aromatic N) is 1. The van der Waals surface area contributed by atoms with E-state index < -0.39 is 0 Å². The Morgan fingerprint density at radius 1 is 1.10 bits per heavy atom. The summed E-state index contributed by atoms with van der Waals surface area (Å²) in [6.07, 6.45) is 0.878. The fourth-order valence-electron chi connectivity index (χ4n) is 2.05. The van der Waals surface area contributed by atoms with Crippen LogP contribution in [-0.4, -0.2) is 19.6 Å². The van der Waals surface area contributed by atoms with E-state index in [1.54, 1.807) is 7.11 Å². The highest BCUT2D eigenvalue weighted by Crippen LogP contribution is 2.15. The molecule has 0 aliphatic heterocycles. The Morgan fingerprint density at radius 3 is 2.57 bits per heavy atom. The molecular formula is C17H21N3O. The maximum Gasteiger partial charge on any atom is 0.193 e. The number of hydrogen-bond donors (Lipinski definition) is 2. The molecule has 0 aliphatic rings. The molecule has 3 N–H and O–H groups in total. The molecule has 4 heteroatoms. The summed E-state index contributed by atoms with van der Waals surface area (Å²) < 4.78 is 5.17. The molecule has 0 bridgehead atoms. The van der Waals surface area contributed by atoms with Crippen molar-refractivity contribution in [3.8, 4) is 0 Å². The molecule has 0 fully saturated rings. The number of ether oxygens (including phenoxy) is 1. The van der Waals surface area contributed by atoms with Crippen LogP contribution in [0.15, 0.2) is 59.6 Å². The van der Waals surface area contributed by atoms with Crippen LogP contribution in [-0.2, 0) is 17.8 Å². The van der Waals surface area contributed by atoms with E-state index in [4.69, 9.17) is 10.5 Å². The Kier molecular flexibility index (Phi) is 5.79. The number of para-hydroxylation sites is 1. The molecule has 0 spiro atoms. The number of anilines is 1. The van der Waals surface area contributed by atoms with Crippen molar-refractivity contribution in [2.45, 2.75) is 13.0 Å². The van der Waals surface area contributed by atoms with Gasteiger partial charge in [-0.15, -0.1) is 0 Å². The molecule has 0 radical (unpaired) electrons. The predicted octanol–water partition coefficient (Wildman–Crippen LogP) is 2.80. The van der Waals surface area contributed by atoms with Gasteiger partial charge in [-0.3, -0.25) is 4.99 Å². The minimum absolute atomic E-state index is 0.425. The van der Waals surface area contributed by atoms with Crippen LogP contribution in [0.5, 0.6) is 0 Å². The molecule has 0 aromatic heterocycles. The van der Waals surface area contributed by atoms with Crippen molar-refractivity contribution < 1.29 is 4.74 Å². The fourth-order valence-corrected chi connectivity index (χ4v) is 2.05. The second-order valence-electron chi connectivity index (χ2n) is 4.72. The number of rotatable bonds is 6. The van der Waals surface area contributed by atoms with E-state index in [-0.39, 0.29) is 0 Å². The van der Waals surface area contributed by atoms with Gasteiger partial charge in [0.2, 0.25) is 0 Å². The summed E-state index contributed by atoms with van der Waals surface area (Å²) in [5.41, 5.74) is 9.18. The van der Waals surface area contributed by atoms with E-state index in [9.17, 15) is 0 Å². The number of benzene rings is 2. The Labute approximate surface area is 125 Å². The van der Waals surface area contributed by atoms with Crippen LogP contribution < -0.4 is 11.1 Å². The lowest BCUT2D eigenvalue weighted by Crippen LogP contribution is -2.23. The summed E-state index contributed by atoms with van der Waals surface area (Å²) >= 11 is 0. The summed E-state index contributed by atoms with van der Waals surface area (Å²) in [7, 11) is 1.67. The number of hydrogen-bond acceptors (Lipinski definition) is 2. The average molecular weight is 283 g/mol. The van der Waals surface area contributed by atoms with E-state index in [1.165, 1.54) is 5.56 Å². The van der Waals surface area contributed by atoms with Crippen molar-refractivity contribution in [2.24, 2.45) is 10.7 Å². The molecule has 0 atom stereocenters. The van der Waals surface area contributed by atoms with Gasteiger partial charge in [0.15, 0.2) is 5.96 Å². The van der Waals surface area contributed by atoms with E-state index in [2.05, 4.69) is 22.4 Å². The minimum Gasteiger partial charge on any atom is -0.380 e. The highest BCUT2D eigenvalue weighted by Gasteiger charge is 2.02. The molecule has 0 unspecified atom stereocenters. The van der Waals surface area contributed by atoms with Crippen molar-refractivity contribution in [1.82, 2.24) is 0 Å². The third kappa shape index (κ3) is 4.93. The van der Waals surface area contributed by atoms with Crippen LogP contribution in [0.1, 0.15) is 11.1 Å². The molecule has 0 aliphatic carbocycles. The highest BCUT2D eigenvalue weighted by atomic mass is 16.5. The van der Waals surface area contributed by atoms with Crippen molar-refractivity contribution in [1.29, 1.82) is 0 Å². The normalized spacial score (nSPS) is 11.4. The first-order chi connectivity index (χ1) is 10.3. The third-order valence-corrected chi connectivity index (χ3v) is 3.11. The summed E-state index contributed by atoms with van der Waals surface area (Å²) in [5.74, 6) is 0.425. The molecule has 110 valence electrons. The lowest BCUT2D eigenvalue weighted by atomic mass is 10.2. The summed E-state index contributed by atoms with van der Waals surface area (Å²) in [5, 5.41) is 3.13. The molecule has 2 rings (SSSR count). The van der Waals surface area contributed by atoms with Gasteiger partial charge in [0.05, 0.1) is 6.61 Å². The average Bonchev–Trinajstić information content (AvgIpc) is 2.50. The monoisotopic (exact) mass is 283 g/mol. The van der Waals surface area contributed by atoms with E-state index in [1.807, 2.05) is 42.5 Å². The van der Waals surface area contributed by atoms with Crippen LogP contribution in [0.4, 0.5) is 5.69 Å². The van der Waals surface area contributed by atoms with Crippen LogP contribution in [0.3, 0.4) is 0 Å². The van der Waals surface area contributed by atoms with Gasteiger partial charge in [-0.1, -0.05) is 48.5 Å². The first kappa shape index (κ1) is 15.1. The largest absolute Gasteiger partial charge is 0.380 e. The number of nitrogens with two attached hydrogens (primary N) is 1. The predicted molar refractivity (Wildman–Crippen MR) is 87.4 cm³/mol. The smallest absolute Gasteiger partial charge is 0.193 e. The SMILES string of the molecule is COCc1ccccc1NC(N)=NCCc1ccccc1. The van der Waals surface area contributed by atoms with E-state index in [0.717, 1.165) is 17.7 Å². The lowest BCUT2D eigenvalue weighted by molar-refractivity contribution is 0.185. The van der Waals surface area contributed by atoms with Gasteiger partial charge in [0.1, 0.15) is 0 Å². The van der Waals surface area contributed by atoms with Crippen LogP contribution in [0.25, 0.3) is 0 Å². The topological polar surface area (TPSA) is 59.6 Å². The molecule has 0 amide bonds. The molecule has 2 aromatic carbocycles. The van der Waals surface area contributed by atoms with Gasteiger partial charge < -0.3 is 15.8 Å². The third-order valence-electron chi connectivity index (χ3n) is 3.11.